The van der Waals surface area contributed by atoms with Crippen LogP contribution in [0.1, 0.15) is 40.8 Å². The fourth-order valence-corrected chi connectivity index (χ4v) is 5.04. The number of likely N-dealkylation sites (tertiary alicyclic amines) is 1. The van der Waals surface area contributed by atoms with E-state index < -0.39 is 17.7 Å². The molecule has 2 heterocycles. The summed E-state index contributed by atoms with van der Waals surface area (Å²) in [6.45, 7) is 4.86. The number of ketones is 1. The zero-order valence-corrected chi connectivity index (χ0v) is 23.7. The number of aromatic nitrogens is 1. The summed E-state index contributed by atoms with van der Waals surface area (Å²) in [6, 6.07) is 22.8. The number of pyridine rings is 1. The molecular formula is C34H32N2O6. The van der Waals surface area contributed by atoms with E-state index >= 15 is 0 Å². The predicted molar refractivity (Wildman–Crippen MR) is 158 cm³/mol. The van der Waals surface area contributed by atoms with Crippen molar-refractivity contribution in [2.24, 2.45) is 0 Å². The molecule has 8 nitrogen and oxygen atoms in total. The predicted octanol–water partition coefficient (Wildman–Crippen LogP) is 6.00. The molecule has 0 saturated carbocycles. The largest absolute Gasteiger partial charge is 0.507 e. The van der Waals surface area contributed by atoms with Crippen LogP contribution < -0.4 is 14.2 Å². The Morgan fingerprint density at radius 1 is 0.929 bits per heavy atom. The first-order valence-electron chi connectivity index (χ1n) is 13.7. The first-order chi connectivity index (χ1) is 20.4. The second-order valence-corrected chi connectivity index (χ2v) is 9.93. The molecule has 4 aromatic rings. The fraction of sp³-hybridized carbons (Fsp3) is 0.206. The van der Waals surface area contributed by atoms with Crippen LogP contribution in [-0.2, 0) is 22.7 Å². The summed E-state index contributed by atoms with van der Waals surface area (Å²) in [4.78, 5) is 32.5. The SMILES string of the molecule is CCOc1ccc(C2/C(=C(\O)c3ccc(OCc4cccc(C)c4)cc3)C(=O)C(=O)N2Cc2cccnc2)cc1OC. The molecule has 1 N–H and O–H groups in total. The van der Waals surface area contributed by atoms with Gasteiger partial charge in [0.25, 0.3) is 11.7 Å². The molecular weight excluding hydrogens is 532 g/mol. The standard InChI is InChI=1S/C34H32N2O6/c1-4-41-28-15-12-26(18-29(28)40-3)31-30(33(38)34(39)36(31)20-24-9-6-16-35-19-24)32(37)25-10-13-27(14-11-25)42-21-23-8-5-7-22(2)17-23/h5-19,31,37H,4,20-21H2,1-3H3/b32-30+. The van der Waals surface area contributed by atoms with Gasteiger partial charge in [-0.15, -0.1) is 0 Å². The molecule has 5 rings (SSSR count). The first kappa shape index (κ1) is 28.4. The van der Waals surface area contributed by atoms with E-state index in [1.165, 1.54) is 12.0 Å². The average molecular weight is 565 g/mol. The monoisotopic (exact) mass is 564 g/mol. The summed E-state index contributed by atoms with van der Waals surface area (Å²) in [5.41, 5.74) is 3.91. The van der Waals surface area contributed by atoms with Crippen LogP contribution in [0.5, 0.6) is 17.2 Å². The van der Waals surface area contributed by atoms with Gasteiger partial charge in [0.05, 0.1) is 25.3 Å². The van der Waals surface area contributed by atoms with Crippen molar-refractivity contribution in [3.8, 4) is 17.2 Å². The zero-order valence-electron chi connectivity index (χ0n) is 23.7. The Morgan fingerprint density at radius 3 is 2.40 bits per heavy atom. The quantitative estimate of drug-likeness (QED) is 0.143. The van der Waals surface area contributed by atoms with E-state index in [0.29, 0.717) is 41.6 Å². The van der Waals surface area contributed by atoms with Gasteiger partial charge in [-0.05, 0) is 73.0 Å². The topological polar surface area (TPSA) is 98.2 Å². The third-order valence-electron chi connectivity index (χ3n) is 7.03. The van der Waals surface area contributed by atoms with E-state index in [-0.39, 0.29) is 17.9 Å². The maximum atomic E-state index is 13.5. The molecule has 1 aliphatic heterocycles. The van der Waals surface area contributed by atoms with E-state index in [9.17, 15) is 14.7 Å². The molecule has 1 aromatic heterocycles. The number of amides is 1. The number of aliphatic hydroxyl groups is 1. The lowest BCUT2D eigenvalue weighted by Gasteiger charge is -2.26. The number of aryl methyl sites for hydroxylation is 1. The van der Waals surface area contributed by atoms with Crippen LogP contribution >= 0.6 is 0 Å². The fourth-order valence-electron chi connectivity index (χ4n) is 5.04. The van der Waals surface area contributed by atoms with Gasteiger partial charge in [0.1, 0.15) is 18.1 Å². The average Bonchev–Trinajstić information content (AvgIpc) is 3.26. The number of hydrogen-bond acceptors (Lipinski definition) is 7. The van der Waals surface area contributed by atoms with Gasteiger partial charge in [0, 0.05) is 24.5 Å². The van der Waals surface area contributed by atoms with Crippen LogP contribution in [0.3, 0.4) is 0 Å². The number of ether oxygens (including phenoxy) is 3. The van der Waals surface area contributed by atoms with Crippen molar-refractivity contribution < 1.29 is 28.9 Å². The summed E-state index contributed by atoms with van der Waals surface area (Å²) in [5, 5.41) is 11.5. The summed E-state index contributed by atoms with van der Waals surface area (Å²) in [5.74, 6) is -0.154. The third-order valence-corrected chi connectivity index (χ3v) is 7.03. The Bertz CT molecular complexity index is 1620. The van der Waals surface area contributed by atoms with E-state index in [1.807, 2.05) is 38.1 Å². The minimum atomic E-state index is -0.868. The molecule has 1 atom stereocenters. The molecule has 42 heavy (non-hydrogen) atoms. The lowest BCUT2D eigenvalue weighted by Crippen LogP contribution is -2.29. The van der Waals surface area contributed by atoms with Crippen molar-refractivity contribution in [1.29, 1.82) is 0 Å². The summed E-state index contributed by atoms with van der Waals surface area (Å²) < 4.78 is 17.1. The number of hydrogen-bond donors (Lipinski definition) is 1. The Kier molecular flexibility index (Phi) is 8.52. The van der Waals surface area contributed by atoms with Crippen molar-refractivity contribution in [2.45, 2.75) is 33.0 Å². The lowest BCUT2D eigenvalue weighted by molar-refractivity contribution is -0.140. The van der Waals surface area contributed by atoms with E-state index in [2.05, 4.69) is 11.1 Å². The first-order valence-corrected chi connectivity index (χ1v) is 13.7. The van der Waals surface area contributed by atoms with Crippen molar-refractivity contribution in [2.75, 3.05) is 13.7 Å². The molecule has 3 aromatic carbocycles. The van der Waals surface area contributed by atoms with Crippen LogP contribution in [0.2, 0.25) is 0 Å². The van der Waals surface area contributed by atoms with Gasteiger partial charge in [0.2, 0.25) is 0 Å². The van der Waals surface area contributed by atoms with Gasteiger partial charge < -0.3 is 24.2 Å². The second-order valence-electron chi connectivity index (χ2n) is 9.93. The van der Waals surface area contributed by atoms with Gasteiger partial charge in [-0.1, -0.05) is 42.0 Å². The molecule has 1 saturated heterocycles. The number of methoxy groups -OCH3 is 1. The number of carbonyl (C=O) groups excluding carboxylic acids is 2. The summed E-state index contributed by atoms with van der Waals surface area (Å²) in [7, 11) is 1.52. The Balaban J connectivity index is 1.51. The second kappa shape index (κ2) is 12.6. The van der Waals surface area contributed by atoms with Gasteiger partial charge in [-0.25, -0.2) is 0 Å². The molecule has 0 aliphatic carbocycles. The lowest BCUT2D eigenvalue weighted by atomic mass is 9.94. The molecule has 1 fully saturated rings. The van der Waals surface area contributed by atoms with Crippen LogP contribution in [-0.4, -0.2) is 40.4 Å². The van der Waals surface area contributed by atoms with Crippen molar-refractivity contribution >= 4 is 17.4 Å². The molecule has 0 bridgehead atoms. The van der Waals surface area contributed by atoms with E-state index in [1.54, 1.807) is 60.9 Å². The van der Waals surface area contributed by atoms with Crippen LogP contribution in [0.15, 0.2) is 96.8 Å². The van der Waals surface area contributed by atoms with Crippen LogP contribution in [0.4, 0.5) is 0 Å². The minimum absolute atomic E-state index is 0.0106. The highest BCUT2D eigenvalue weighted by molar-refractivity contribution is 6.46. The number of benzene rings is 3. The third kappa shape index (κ3) is 5.98. The molecule has 0 spiro atoms. The molecule has 1 aliphatic rings. The Hall–Kier alpha value is -5.11. The normalized spacial score (nSPS) is 16.0. The molecule has 8 heteroatoms. The van der Waals surface area contributed by atoms with Crippen molar-refractivity contribution in [1.82, 2.24) is 9.88 Å². The Morgan fingerprint density at radius 2 is 1.71 bits per heavy atom. The smallest absolute Gasteiger partial charge is 0.295 e. The van der Waals surface area contributed by atoms with E-state index in [0.717, 1.165) is 16.7 Å². The summed E-state index contributed by atoms with van der Waals surface area (Å²) in [6.07, 6.45) is 3.28. The molecule has 1 unspecified atom stereocenters. The molecule has 214 valence electrons. The van der Waals surface area contributed by atoms with Crippen LogP contribution in [0, 0.1) is 6.92 Å². The number of nitrogens with zero attached hydrogens (tertiary/aromatic N) is 2. The number of Topliss-reactive ketones (excluding diaryl/α,β-unsaturated/α-hetero) is 1. The van der Waals surface area contributed by atoms with Crippen LogP contribution in [0.25, 0.3) is 5.76 Å². The minimum Gasteiger partial charge on any atom is -0.507 e. The van der Waals surface area contributed by atoms with Crippen molar-refractivity contribution in [3.63, 3.8) is 0 Å². The van der Waals surface area contributed by atoms with Gasteiger partial charge in [-0.2, -0.15) is 0 Å². The molecule has 1 amide bonds. The Labute approximate surface area is 244 Å². The summed E-state index contributed by atoms with van der Waals surface area (Å²) >= 11 is 0. The highest BCUT2D eigenvalue weighted by atomic mass is 16.5. The molecule has 0 radical (unpaired) electrons. The van der Waals surface area contributed by atoms with Gasteiger partial charge >= 0.3 is 0 Å². The maximum Gasteiger partial charge on any atom is 0.295 e. The highest BCUT2D eigenvalue weighted by Gasteiger charge is 2.46. The van der Waals surface area contributed by atoms with E-state index in [4.69, 9.17) is 14.2 Å². The van der Waals surface area contributed by atoms with Gasteiger partial charge in [0.15, 0.2) is 11.5 Å². The van der Waals surface area contributed by atoms with Crippen molar-refractivity contribution in [3.05, 3.63) is 125 Å². The number of aliphatic hydroxyl groups excluding tert-OH is 1. The number of rotatable bonds is 10. The maximum absolute atomic E-state index is 13.5. The van der Waals surface area contributed by atoms with Gasteiger partial charge in [-0.3, -0.25) is 14.6 Å². The number of carbonyl (C=O) groups is 2. The highest BCUT2D eigenvalue weighted by Crippen LogP contribution is 2.42. The zero-order chi connectivity index (χ0) is 29.6.